The number of imidazole rings is 1. The van der Waals surface area contributed by atoms with Gasteiger partial charge in [-0.3, -0.25) is 4.57 Å². The minimum Gasteiger partial charge on any atom is -0.460 e. The van der Waals surface area contributed by atoms with Crippen LogP contribution in [0.25, 0.3) is 16.9 Å². The van der Waals surface area contributed by atoms with Gasteiger partial charge >= 0.3 is 12.1 Å². The van der Waals surface area contributed by atoms with Crippen LogP contribution in [0.4, 0.5) is 4.79 Å². The number of alkyl carbamates (subject to hydrolysis) is 1. The van der Waals surface area contributed by atoms with Crippen LogP contribution in [0.5, 0.6) is 6.01 Å². The normalized spacial score (nSPS) is 20.6. The van der Waals surface area contributed by atoms with E-state index in [9.17, 15) is 4.79 Å². The number of nitrogens with one attached hydrogen (secondary N) is 1. The number of amides is 1. The second-order valence-electron chi connectivity index (χ2n) is 9.46. The summed E-state index contributed by atoms with van der Waals surface area (Å²) in [6.07, 6.45) is 4.71. The fourth-order valence-electron chi connectivity index (χ4n) is 3.80. The highest BCUT2D eigenvalue weighted by Crippen LogP contribution is 2.44. The summed E-state index contributed by atoms with van der Waals surface area (Å²) in [7, 11) is 0. The maximum atomic E-state index is 12.0. The molecule has 0 unspecified atom stereocenters. The van der Waals surface area contributed by atoms with Gasteiger partial charge in [-0.25, -0.2) is 9.78 Å². The van der Waals surface area contributed by atoms with E-state index in [4.69, 9.17) is 21.1 Å². The molecule has 2 aliphatic carbocycles. The van der Waals surface area contributed by atoms with Gasteiger partial charge in [-0.2, -0.15) is 9.97 Å². The zero-order valence-corrected chi connectivity index (χ0v) is 19.1. The van der Waals surface area contributed by atoms with Crippen LogP contribution in [-0.4, -0.2) is 43.4 Å². The molecule has 1 amide bonds. The van der Waals surface area contributed by atoms with Gasteiger partial charge in [0.05, 0.1) is 16.7 Å². The van der Waals surface area contributed by atoms with Gasteiger partial charge < -0.3 is 14.8 Å². The number of halogens is 1. The summed E-state index contributed by atoms with van der Waals surface area (Å²) < 4.78 is 13.3. The highest BCUT2D eigenvalue weighted by Gasteiger charge is 2.35. The number of carbonyl (C=O) groups excluding carboxylic acids is 1. The van der Waals surface area contributed by atoms with Gasteiger partial charge in [-0.1, -0.05) is 23.7 Å². The van der Waals surface area contributed by atoms with Gasteiger partial charge in [0.25, 0.3) is 0 Å². The molecule has 0 aliphatic heterocycles. The van der Waals surface area contributed by atoms with Gasteiger partial charge in [-0.15, -0.1) is 0 Å². The smallest absolute Gasteiger partial charge is 0.407 e. The number of hydrogen-bond acceptors (Lipinski definition) is 6. The van der Waals surface area contributed by atoms with Crippen molar-refractivity contribution in [3.05, 3.63) is 41.3 Å². The summed E-state index contributed by atoms with van der Waals surface area (Å²) >= 11 is 6.73. The lowest BCUT2D eigenvalue weighted by Gasteiger charge is -2.35. The molecule has 2 saturated carbocycles. The molecule has 2 aromatic heterocycles. The zero-order valence-electron chi connectivity index (χ0n) is 18.3. The predicted octanol–water partition coefficient (Wildman–Crippen LogP) is 4.78. The minimum atomic E-state index is -0.520. The van der Waals surface area contributed by atoms with E-state index in [-0.39, 0.29) is 12.1 Å². The predicted molar refractivity (Wildman–Crippen MR) is 120 cm³/mol. The third-order valence-electron chi connectivity index (χ3n) is 5.57. The Morgan fingerprint density at radius 3 is 2.66 bits per heavy atom. The molecular weight excluding hydrogens is 430 g/mol. The highest BCUT2D eigenvalue weighted by molar-refractivity contribution is 6.33. The molecule has 0 spiro atoms. The Hall–Kier alpha value is -2.87. The van der Waals surface area contributed by atoms with Crippen LogP contribution in [-0.2, 0) is 4.74 Å². The molecule has 0 radical (unpaired) electrons. The lowest BCUT2D eigenvalue weighted by molar-refractivity contribution is 0.0344. The molecule has 5 rings (SSSR count). The summed E-state index contributed by atoms with van der Waals surface area (Å²) in [4.78, 5) is 25.7. The molecule has 8 nitrogen and oxygen atoms in total. The van der Waals surface area contributed by atoms with Crippen molar-refractivity contribution in [2.45, 2.75) is 70.1 Å². The number of aromatic nitrogens is 4. The highest BCUT2D eigenvalue weighted by atomic mass is 35.5. The van der Waals surface area contributed by atoms with E-state index in [2.05, 4.69) is 20.3 Å². The van der Waals surface area contributed by atoms with E-state index >= 15 is 0 Å². The Kier molecular flexibility index (Phi) is 5.20. The third-order valence-corrected chi connectivity index (χ3v) is 5.94. The summed E-state index contributed by atoms with van der Waals surface area (Å²) in [5.41, 5.74) is 2.10. The second-order valence-corrected chi connectivity index (χ2v) is 9.84. The lowest BCUT2D eigenvalue weighted by atomic mass is 9.89. The first-order valence-electron chi connectivity index (χ1n) is 10.9. The van der Waals surface area contributed by atoms with Crippen LogP contribution in [0, 0.1) is 0 Å². The van der Waals surface area contributed by atoms with Gasteiger partial charge in [0.1, 0.15) is 23.1 Å². The van der Waals surface area contributed by atoms with Crippen molar-refractivity contribution < 1.29 is 14.3 Å². The molecule has 32 heavy (non-hydrogen) atoms. The second kappa shape index (κ2) is 7.92. The van der Waals surface area contributed by atoms with E-state index in [1.54, 1.807) is 6.33 Å². The van der Waals surface area contributed by atoms with E-state index in [0.29, 0.717) is 35.6 Å². The summed E-state index contributed by atoms with van der Waals surface area (Å²) in [6, 6.07) is 8.17. The molecule has 2 heterocycles. The van der Waals surface area contributed by atoms with Crippen molar-refractivity contribution in [3.8, 4) is 11.8 Å². The first-order chi connectivity index (χ1) is 15.3. The Balaban J connectivity index is 1.33. The average molecular weight is 456 g/mol. The number of benzene rings is 1. The van der Waals surface area contributed by atoms with Crippen molar-refractivity contribution in [1.82, 2.24) is 24.8 Å². The SMILES string of the molecule is CC(C)(C)OC(=O)NC1CC(Oc2nc(C3CC3)c(Cl)c(-n3cnc4ccccc43)n2)C1. The van der Waals surface area contributed by atoms with Gasteiger partial charge in [0.2, 0.25) is 0 Å². The maximum absolute atomic E-state index is 12.0. The van der Waals surface area contributed by atoms with Gasteiger partial charge in [0.15, 0.2) is 5.82 Å². The molecule has 2 aliphatic rings. The van der Waals surface area contributed by atoms with Crippen molar-refractivity contribution >= 4 is 28.7 Å². The molecule has 3 aromatic rings. The average Bonchev–Trinajstić information content (AvgIpc) is 3.45. The van der Waals surface area contributed by atoms with Gasteiger partial charge in [0, 0.05) is 24.8 Å². The zero-order chi connectivity index (χ0) is 22.5. The first-order valence-corrected chi connectivity index (χ1v) is 11.3. The van der Waals surface area contributed by atoms with E-state index in [1.807, 2.05) is 49.6 Å². The summed E-state index contributed by atoms with van der Waals surface area (Å²) in [6.45, 7) is 5.53. The Morgan fingerprint density at radius 1 is 1.19 bits per heavy atom. The molecule has 0 bridgehead atoms. The van der Waals surface area contributed by atoms with Crippen LogP contribution in [0.15, 0.2) is 30.6 Å². The number of carbonyl (C=O) groups is 1. The fourth-order valence-corrected chi connectivity index (χ4v) is 4.13. The first kappa shape index (κ1) is 21.0. The maximum Gasteiger partial charge on any atom is 0.407 e. The van der Waals surface area contributed by atoms with Crippen LogP contribution in [0.1, 0.15) is 58.1 Å². The quantitative estimate of drug-likeness (QED) is 0.595. The van der Waals surface area contributed by atoms with Gasteiger partial charge in [-0.05, 0) is 45.7 Å². The van der Waals surface area contributed by atoms with Crippen LogP contribution in [0.3, 0.4) is 0 Å². The number of ether oxygens (including phenoxy) is 2. The number of nitrogens with zero attached hydrogens (tertiary/aromatic N) is 4. The molecular formula is C23H26ClN5O3. The van der Waals surface area contributed by atoms with Crippen molar-refractivity contribution in [2.24, 2.45) is 0 Å². The standard InChI is InChI=1S/C23H26ClN5O3/c1-23(2,3)32-22(30)26-14-10-15(11-14)31-21-27-19(13-8-9-13)18(24)20(28-21)29-12-25-16-6-4-5-7-17(16)29/h4-7,12-15H,8-11H2,1-3H3,(H,26,30). The van der Waals surface area contributed by atoms with E-state index in [0.717, 1.165) is 29.6 Å². The van der Waals surface area contributed by atoms with Crippen LogP contribution in [0.2, 0.25) is 5.02 Å². The Labute approximate surface area is 191 Å². The monoisotopic (exact) mass is 455 g/mol. The van der Waals surface area contributed by atoms with Crippen LogP contribution >= 0.6 is 11.6 Å². The third kappa shape index (κ3) is 4.37. The molecule has 1 aromatic carbocycles. The number of rotatable bonds is 5. The Bertz CT molecular complexity index is 1160. The van der Waals surface area contributed by atoms with Crippen molar-refractivity contribution in [1.29, 1.82) is 0 Å². The molecule has 1 N–H and O–H groups in total. The fraction of sp³-hybridized carbons (Fsp3) is 0.478. The number of para-hydroxylation sites is 2. The lowest BCUT2D eigenvalue weighted by Crippen LogP contribution is -2.50. The summed E-state index contributed by atoms with van der Waals surface area (Å²) in [5, 5.41) is 3.42. The van der Waals surface area contributed by atoms with E-state index in [1.165, 1.54) is 0 Å². The molecule has 0 atom stereocenters. The molecule has 168 valence electrons. The van der Waals surface area contributed by atoms with Crippen LogP contribution < -0.4 is 10.1 Å². The summed E-state index contributed by atoms with van der Waals surface area (Å²) in [5.74, 6) is 0.916. The molecule has 2 fully saturated rings. The number of fused-ring (bicyclic) bond motifs is 1. The molecule has 9 heteroatoms. The topological polar surface area (TPSA) is 91.2 Å². The molecule has 0 saturated heterocycles. The largest absolute Gasteiger partial charge is 0.460 e. The minimum absolute atomic E-state index is 0.0158. The van der Waals surface area contributed by atoms with E-state index < -0.39 is 11.7 Å². The number of hydrogen-bond donors (Lipinski definition) is 1. The van der Waals surface area contributed by atoms with Crippen molar-refractivity contribution in [2.75, 3.05) is 0 Å². The van der Waals surface area contributed by atoms with Crippen molar-refractivity contribution in [3.63, 3.8) is 0 Å². The Morgan fingerprint density at radius 2 is 1.94 bits per heavy atom.